The van der Waals surface area contributed by atoms with Gasteiger partial charge in [-0.05, 0) is 30.3 Å². The van der Waals surface area contributed by atoms with Crippen molar-refractivity contribution >= 4 is 24.7 Å². The molecule has 0 fully saturated rings. The third-order valence-corrected chi connectivity index (χ3v) is 6.12. The lowest BCUT2D eigenvalue weighted by Gasteiger charge is -2.17. The van der Waals surface area contributed by atoms with Crippen LogP contribution in [0.15, 0.2) is 96.0 Å². The fourth-order valence-electron chi connectivity index (χ4n) is 2.49. The molecular formula is C21H20NP. The van der Waals surface area contributed by atoms with Gasteiger partial charge in [0, 0.05) is 12.8 Å². The molecule has 114 valence electrons. The first-order valence-corrected chi connectivity index (χ1v) is 9.39. The molecule has 0 saturated heterocycles. The zero-order valence-electron chi connectivity index (χ0n) is 13.0. The van der Waals surface area contributed by atoms with E-state index in [9.17, 15) is 0 Å². The van der Waals surface area contributed by atoms with Gasteiger partial charge < -0.3 is 0 Å². The number of benzene rings is 3. The van der Waals surface area contributed by atoms with Crippen LogP contribution in [0.3, 0.4) is 0 Å². The molecule has 0 radical (unpaired) electrons. The molecule has 0 N–H and O–H groups in total. The molecule has 0 atom stereocenters. The number of aliphatic imine (C=N–C) groups is 1. The smallest absolute Gasteiger partial charge is 0.0434 e. The molecule has 3 aromatic carbocycles. The van der Waals surface area contributed by atoms with Crippen LogP contribution < -0.4 is 10.6 Å². The molecule has 2 heteroatoms. The molecule has 0 unspecified atom stereocenters. The van der Waals surface area contributed by atoms with E-state index in [4.69, 9.17) is 0 Å². The maximum absolute atomic E-state index is 4.62. The third-order valence-electron chi connectivity index (χ3n) is 3.63. The summed E-state index contributed by atoms with van der Waals surface area (Å²) in [4.78, 5) is 4.62. The summed E-state index contributed by atoms with van der Waals surface area (Å²) in [5, 5.41) is 2.84. The Labute approximate surface area is 139 Å². The lowest BCUT2D eigenvalue weighted by molar-refractivity contribution is 1.15. The van der Waals surface area contributed by atoms with Gasteiger partial charge in [-0.3, -0.25) is 4.99 Å². The molecule has 23 heavy (non-hydrogen) atoms. The predicted molar refractivity (Wildman–Crippen MR) is 103 cm³/mol. The molecule has 0 aliphatic heterocycles. The van der Waals surface area contributed by atoms with Crippen molar-refractivity contribution in [3.05, 3.63) is 96.6 Å². The summed E-state index contributed by atoms with van der Waals surface area (Å²) >= 11 is 0. The van der Waals surface area contributed by atoms with E-state index in [1.807, 2.05) is 24.4 Å². The molecule has 0 bridgehead atoms. The van der Waals surface area contributed by atoms with Crippen molar-refractivity contribution in [2.45, 2.75) is 0 Å². The highest BCUT2D eigenvalue weighted by molar-refractivity contribution is 7.73. The third kappa shape index (κ3) is 4.61. The number of nitrogens with zero attached hydrogens (tertiary/aromatic N) is 1. The highest BCUT2D eigenvalue weighted by atomic mass is 31.1. The van der Waals surface area contributed by atoms with E-state index in [-0.39, 0.29) is 7.92 Å². The van der Waals surface area contributed by atoms with Crippen molar-refractivity contribution in [3.63, 3.8) is 0 Å². The van der Waals surface area contributed by atoms with Gasteiger partial charge in [-0.2, -0.15) is 0 Å². The predicted octanol–water partition coefficient (Wildman–Crippen LogP) is 4.24. The molecule has 0 aromatic heterocycles. The first-order valence-electron chi connectivity index (χ1n) is 7.86. The van der Waals surface area contributed by atoms with Crippen LogP contribution in [0.1, 0.15) is 5.56 Å². The first kappa shape index (κ1) is 15.6. The molecular weight excluding hydrogens is 297 g/mol. The van der Waals surface area contributed by atoms with Gasteiger partial charge in [-0.1, -0.05) is 91.0 Å². The molecule has 0 saturated carbocycles. The zero-order chi connectivity index (χ0) is 15.7. The Hall–Kier alpha value is -2.24. The lowest BCUT2D eigenvalue weighted by Crippen LogP contribution is -2.15. The summed E-state index contributed by atoms with van der Waals surface area (Å²) in [6, 6.07) is 31.9. The number of hydrogen-bond donors (Lipinski definition) is 0. The van der Waals surface area contributed by atoms with Crippen molar-refractivity contribution in [1.82, 2.24) is 0 Å². The second-order valence-electron chi connectivity index (χ2n) is 5.27. The Kier molecular flexibility index (Phi) is 5.72. The topological polar surface area (TPSA) is 12.4 Å². The largest absolute Gasteiger partial charge is 0.292 e. The average molecular weight is 317 g/mol. The minimum absolute atomic E-state index is 0.345. The normalized spacial score (nSPS) is 11.2. The molecule has 0 heterocycles. The van der Waals surface area contributed by atoms with Crippen LogP contribution in [0.4, 0.5) is 0 Å². The van der Waals surface area contributed by atoms with Gasteiger partial charge >= 0.3 is 0 Å². The Morgan fingerprint density at radius 1 is 0.652 bits per heavy atom. The van der Waals surface area contributed by atoms with E-state index in [2.05, 4.69) is 77.8 Å². The molecule has 0 spiro atoms. The van der Waals surface area contributed by atoms with Gasteiger partial charge in [0.2, 0.25) is 0 Å². The van der Waals surface area contributed by atoms with Gasteiger partial charge in [0.25, 0.3) is 0 Å². The monoisotopic (exact) mass is 317 g/mol. The van der Waals surface area contributed by atoms with Crippen LogP contribution in [0.2, 0.25) is 0 Å². The van der Waals surface area contributed by atoms with Gasteiger partial charge in [0.05, 0.1) is 0 Å². The van der Waals surface area contributed by atoms with Crippen LogP contribution in [0.25, 0.3) is 0 Å². The standard InChI is InChI=1S/C21H20NP/c1-4-10-19(11-5-1)18-22-16-17-23(20-12-6-2-7-13-20)21-14-8-3-9-15-21/h1-15,18H,16-17H2. The molecule has 0 aliphatic rings. The van der Waals surface area contributed by atoms with Crippen LogP contribution in [-0.4, -0.2) is 18.9 Å². The Bertz CT molecular complexity index is 684. The summed E-state index contributed by atoms with van der Waals surface area (Å²) < 4.78 is 0. The summed E-state index contributed by atoms with van der Waals surface area (Å²) in [6.07, 6.45) is 3.05. The fraction of sp³-hybridized carbons (Fsp3) is 0.0952. The number of rotatable bonds is 6. The van der Waals surface area contributed by atoms with Crippen LogP contribution in [0, 0.1) is 0 Å². The summed E-state index contributed by atoms with van der Waals surface area (Å²) in [5.41, 5.74) is 1.16. The average Bonchev–Trinajstić information content (AvgIpc) is 2.64. The maximum atomic E-state index is 4.62. The van der Waals surface area contributed by atoms with Gasteiger partial charge in [-0.15, -0.1) is 0 Å². The lowest BCUT2D eigenvalue weighted by atomic mass is 10.2. The second-order valence-corrected chi connectivity index (χ2v) is 7.60. The summed E-state index contributed by atoms with van der Waals surface area (Å²) in [5.74, 6) is 0. The van der Waals surface area contributed by atoms with Gasteiger partial charge in [0.15, 0.2) is 0 Å². The Morgan fingerprint density at radius 2 is 1.13 bits per heavy atom. The number of hydrogen-bond acceptors (Lipinski definition) is 1. The highest BCUT2D eigenvalue weighted by Gasteiger charge is 2.12. The van der Waals surface area contributed by atoms with Gasteiger partial charge in [-0.25, -0.2) is 0 Å². The minimum Gasteiger partial charge on any atom is -0.292 e. The van der Waals surface area contributed by atoms with Crippen molar-refractivity contribution < 1.29 is 0 Å². The zero-order valence-corrected chi connectivity index (χ0v) is 13.9. The van der Waals surface area contributed by atoms with Crippen LogP contribution in [-0.2, 0) is 0 Å². The minimum atomic E-state index is -0.345. The van der Waals surface area contributed by atoms with Gasteiger partial charge in [0.1, 0.15) is 0 Å². The molecule has 0 aliphatic carbocycles. The maximum Gasteiger partial charge on any atom is 0.0434 e. The quantitative estimate of drug-likeness (QED) is 0.476. The van der Waals surface area contributed by atoms with Crippen molar-refractivity contribution in [2.24, 2.45) is 4.99 Å². The van der Waals surface area contributed by atoms with Crippen molar-refractivity contribution in [2.75, 3.05) is 12.7 Å². The highest BCUT2D eigenvalue weighted by Crippen LogP contribution is 2.32. The van der Waals surface area contributed by atoms with Crippen molar-refractivity contribution in [3.8, 4) is 0 Å². The van der Waals surface area contributed by atoms with E-state index in [1.54, 1.807) is 0 Å². The van der Waals surface area contributed by atoms with Crippen LogP contribution >= 0.6 is 7.92 Å². The Morgan fingerprint density at radius 3 is 1.65 bits per heavy atom. The van der Waals surface area contributed by atoms with E-state index >= 15 is 0 Å². The Balaban J connectivity index is 1.71. The molecule has 1 nitrogen and oxygen atoms in total. The molecule has 3 rings (SSSR count). The molecule has 3 aromatic rings. The summed E-state index contributed by atoms with van der Waals surface area (Å²) in [7, 11) is -0.345. The summed E-state index contributed by atoms with van der Waals surface area (Å²) in [6.45, 7) is 0.852. The fourth-order valence-corrected chi connectivity index (χ4v) is 4.68. The van der Waals surface area contributed by atoms with E-state index in [0.29, 0.717) is 0 Å². The second kappa shape index (κ2) is 8.41. The van der Waals surface area contributed by atoms with E-state index < -0.39 is 0 Å². The molecule has 0 amide bonds. The van der Waals surface area contributed by atoms with Crippen molar-refractivity contribution in [1.29, 1.82) is 0 Å². The van der Waals surface area contributed by atoms with Crippen LogP contribution in [0.5, 0.6) is 0 Å². The SMILES string of the molecule is C(=NCCP(c1ccccc1)c1ccccc1)c1ccccc1. The first-order chi connectivity index (χ1) is 11.4. The van der Waals surface area contributed by atoms with E-state index in [1.165, 1.54) is 10.6 Å². The van der Waals surface area contributed by atoms with E-state index in [0.717, 1.165) is 18.3 Å².